The van der Waals surface area contributed by atoms with E-state index >= 15 is 0 Å². The molecule has 0 aromatic heterocycles. The zero-order valence-electron chi connectivity index (χ0n) is 11.2. The Kier molecular flexibility index (Phi) is 4.02. The van der Waals surface area contributed by atoms with Crippen LogP contribution in [0, 0.1) is 6.92 Å². The fraction of sp³-hybridized carbons (Fsp3) is 0.533. The fourth-order valence-electron chi connectivity index (χ4n) is 2.65. The molecular weight excluding hydrogens is 224 g/mol. The number of carbonyl (C=O) groups excluding carboxylic acids is 1. The third-order valence-corrected chi connectivity index (χ3v) is 3.69. The SMILES string of the molecule is CCC(=O)N1CC(N)CC(c2ccc(C)cc2)C1. The van der Waals surface area contributed by atoms with E-state index in [1.165, 1.54) is 11.1 Å². The number of hydrogen-bond acceptors (Lipinski definition) is 2. The van der Waals surface area contributed by atoms with Gasteiger partial charge in [-0.1, -0.05) is 36.8 Å². The predicted molar refractivity (Wildman–Crippen MR) is 73.4 cm³/mol. The first kappa shape index (κ1) is 13.1. The number of aryl methyl sites for hydroxylation is 1. The number of rotatable bonds is 2. The summed E-state index contributed by atoms with van der Waals surface area (Å²) in [6.07, 6.45) is 1.53. The first-order valence-corrected chi connectivity index (χ1v) is 6.70. The Morgan fingerprint density at radius 1 is 1.33 bits per heavy atom. The van der Waals surface area contributed by atoms with E-state index in [1.807, 2.05) is 11.8 Å². The number of carbonyl (C=O) groups is 1. The summed E-state index contributed by atoms with van der Waals surface area (Å²) < 4.78 is 0. The molecule has 1 aliphatic rings. The molecule has 1 heterocycles. The van der Waals surface area contributed by atoms with E-state index in [-0.39, 0.29) is 11.9 Å². The minimum Gasteiger partial charge on any atom is -0.341 e. The maximum Gasteiger partial charge on any atom is 0.222 e. The molecule has 1 aromatic rings. The molecule has 0 aliphatic carbocycles. The minimum atomic E-state index is 0.0977. The number of nitrogens with zero attached hydrogens (tertiary/aromatic N) is 1. The molecule has 1 aliphatic heterocycles. The molecule has 98 valence electrons. The Bertz CT molecular complexity index is 413. The van der Waals surface area contributed by atoms with E-state index in [0.29, 0.717) is 18.9 Å². The molecule has 3 heteroatoms. The number of piperidine rings is 1. The molecule has 1 saturated heterocycles. The van der Waals surface area contributed by atoms with E-state index in [2.05, 4.69) is 31.2 Å². The number of nitrogens with two attached hydrogens (primary N) is 1. The Morgan fingerprint density at radius 2 is 2.00 bits per heavy atom. The minimum absolute atomic E-state index is 0.0977. The summed E-state index contributed by atoms with van der Waals surface area (Å²) in [5, 5.41) is 0. The molecule has 0 bridgehead atoms. The number of hydrogen-bond donors (Lipinski definition) is 1. The lowest BCUT2D eigenvalue weighted by atomic mass is 9.88. The van der Waals surface area contributed by atoms with Crippen LogP contribution in [0.2, 0.25) is 0 Å². The van der Waals surface area contributed by atoms with Gasteiger partial charge in [-0.15, -0.1) is 0 Å². The molecule has 1 fully saturated rings. The Balaban J connectivity index is 2.13. The van der Waals surface area contributed by atoms with Crippen LogP contribution in [0.3, 0.4) is 0 Å². The van der Waals surface area contributed by atoms with Crippen molar-refractivity contribution < 1.29 is 4.79 Å². The van der Waals surface area contributed by atoms with Gasteiger partial charge in [0.05, 0.1) is 0 Å². The van der Waals surface area contributed by atoms with Crippen LogP contribution in [-0.2, 0) is 4.79 Å². The molecule has 2 unspecified atom stereocenters. The van der Waals surface area contributed by atoms with Gasteiger partial charge < -0.3 is 10.6 Å². The van der Waals surface area contributed by atoms with Crippen molar-refractivity contribution in [3.8, 4) is 0 Å². The van der Waals surface area contributed by atoms with Gasteiger partial charge in [0.2, 0.25) is 5.91 Å². The highest BCUT2D eigenvalue weighted by molar-refractivity contribution is 5.76. The van der Waals surface area contributed by atoms with Gasteiger partial charge in [-0.25, -0.2) is 0 Å². The second-order valence-electron chi connectivity index (χ2n) is 5.26. The molecule has 18 heavy (non-hydrogen) atoms. The van der Waals surface area contributed by atoms with E-state index in [1.54, 1.807) is 0 Å². The van der Waals surface area contributed by atoms with Crippen LogP contribution in [0.15, 0.2) is 24.3 Å². The highest BCUT2D eigenvalue weighted by Crippen LogP contribution is 2.27. The Morgan fingerprint density at radius 3 is 2.61 bits per heavy atom. The van der Waals surface area contributed by atoms with Crippen molar-refractivity contribution in [2.24, 2.45) is 5.73 Å². The first-order valence-electron chi connectivity index (χ1n) is 6.70. The predicted octanol–water partition coefficient (Wildman–Crippen LogP) is 2.05. The molecule has 0 spiro atoms. The summed E-state index contributed by atoms with van der Waals surface area (Å²) in [5.74, 6) is 0.590. The zero-order chi connectivity index (χ0) is 13.1. The largest absolute Gasteiger partial charge is 0.341 e. The number of benzene rings is 1. The van der Waals surface area contributed by atoms with E-state index in [0.717, 1.165) is 13.0 Å². The van der Waals surface area contributed by atoms with Crippen LogP contribution in [0.1, 0.15) is 36.8 Å². The Hall–Kier alpha value is -1.35. The van der Waals surface area contributed by atoms with Crippen molar-refractivity contribution in [1.29, 1.82) is 0 Å². The highest BCUT2D eigenvalue weighted by atomic mass is 16.2. The average Bonchev–Trinajstić information content (AvgIpc) is 2.38. The van der Waals surface area contributed by atoms with E-state index < -0.39 is 0 Å². The maximum absolute atomic E-state index is 11.8. The van der Waals surface area contributed by atoms with Gasteiger partial charge in [0.1, 0.15) is 0 Å². The summed E-state index contributed by atoms with van der Waals surface area (Å²) in [6, 6.07) is 8.67. The quantitative estimate of drug-likeness (QED) is 0.868. The standard InChI is InChI=1S/C15H22N2O/c1-3-15(18)17-9-13(8-14(16)10-17)12-6-4-11(2)5-7-12/h4-7,13-14H,3,8-10,16H2,1-2H3. The summed E-state index contributed by atoms with van der Waals surface area (Å²) >= 11 is 0. The number of likely N-dealkylation sites (tertiary alicyclic amines) is 1. The molecule has 2 atom stereocenters. The smallest absolute Gasteiger partial charge is 0.222 e. The molecule has 0 saturated carbocycles. The lowest BCUT2D eigenvalue weighted by Crippen LogP contribution is -2.48. The lowest BCUT2D eigenvalue weighted by molar-refractivity contribution is -0.132. The van der Waals surface area contributed by atoms with Gasteiger partial charge >= 0.3 is 0 Å². The first-order chi connectivity index (χ1) is 8.60. The van der Waals surface area contributed by atoms with Gasteiger partial charge in [0.25, 0.3) is 0 Å². The molecule has 3 nitrogen and oxygen atoms in total. The van der Waals surface area contributed by atoms with Crippen LogP contribution >= 0.6 is 0 Å². The summed E-state index contributed by atoms with van der Waals surface area (Å²) in [6.45, 7) is 5.51. The van der Waals surface area contributed by atoms with Gasteiger partial charge in [-0.2, -0.15) is 0 Å². The molecule has 0 radical (unpaired) electrons. The van der Waals surface area contributed by atoms with E-state index in [4.69, 9.17) is 5.73 Å². The maximum atomic E-state index is 11.8. The molecule has 2 rings (SSSR count). The molecule has 1 aromatic carbocycles. The summed E-state index contributed by atoms with van der Waals surface area (Å²) in [4.78, 5) is 13.7. The second kappa shape index (κ2) is 5.53. The number of amides is 1. The van der Waals surface area contributed by atoms with Crippen LogP contribution in [0.5, 0.6) is 0 Å². The van der Waals surface area contributed by atoms with Crippen LogP contribution in [-0.4, -0.2) is 29.9 Å². The summed E-state index contributed by atoms with van der Waals surface area (Å²) in [7, 11) is 0. The van der Waals surface area contributed by atoms with Gasteiger partial charge in [0.15, 0.2) is 0 Å². The highest BCUT2D eigenvalue weighted by Gasteiger charge is 2.28. The normalized spacial score (nSPS) is 24.1. The van der Waals surface area contributed by atoms with Crippen LogP contribution in [0.4, 0.5) is 0 Å². The van der Waals surface area contributed by atoms with Crippen molar-refractivity contribution in [2.45, 2.75) is 38.6 Å². The third kappa shape index (κ3) is 2.91. The van der Waals surface area contributed by atoms with Gasteiger partial charge in [-0.05, 0) is 18.9 Å². The summed E-state index contributed by atoms with van der Waals surface area (Å²) in [5.41, 5.74) is 8.64. The van der Waals surface area contributed by atoms with Crippen LogP contribution in [0.25, 0.3) is 0 Å². The lowest BCUT2D eigenvalue weighted by Gasteiger charge is -2.36. The monoisotopic (exact) mass is 246 g/mol. The fourth-order valence-corrected chi connectivity index (χ4v) is 2.65. The van der Waals surface area contributed by atoms with Crippen molar-refractivity contribution >= 4 is 5.91 Å². The van der Waals surface area contributed by atoms with Gasteiger partial charge in [-0.3, -0.25) is 4.79 Å². The third-order valence-electron chi connectivity index (χ3n) is 3.69. The average molecular weight is 246 g/mol. The van der Waals surface area contributed by atoms with E-state index in [9.17, 15) is 4.79 Å². The molecule has 1 amide bonds. The van der Waals surface area contributed by atoms with Crippen LogP contribution < -0.4 is 5.73 Å². The van der Waals surface area contributed by atoms with Crippen molar-refractivity contribution in [3.63, 3.8) is 0 Å². The Labute approximate surface area is 109 Å². The van der Waals surface area contributed by atoms with Crippen molar-refractivity contribution in [1.82, 2.24) is 4.90 Å². The molecular formula is C15H22N2O. The zero-order valence-corrected chi connectivity index (χ0v) is 11.2. The van der Waals surface area contributed by atoms with Crippen molar-refractivity contribution in [3.05, 3.63) is 35.4 Å². The van der Waals surface area contributed by atoms with Gasteiger partial charge in [0, 0.05) is 31.5 Å². The second-order valence-corrected chi connectivity index (χ2v) is 5.26. The van der Waals surface area contributed by atoms with Crippen molar-refractivity contribution in [2.75, 3.05) is 13.1 Å². The topological polar surface area (TPSA) is 46.3 Å². The molecule has 2 N–H and O–H groups in total.